The molecule has 5 rings (SSSR count). The Hall–Kier alpha value is -4.97. The summed E-state index contributed by atoms with van der Waals surface area (Å²) in [6.07, 6.45) is 1.53. The summed E-state index contributed by atoms with van der Waals surface area (Å²) in [4.78, 5) is 21.2. The third-order valence-corrected chi connectivity index (χ3v) is 5.52. The molecule has 0 atom stereocenters. The molecule has 6 nitrogen and oxygen atoms in total. The first-order valence-electron chi connectivity index (χ1n) is 11.6. The van der Waals surface area contributed by atoms with Crippen LogP contribution in [-0.2, 0) is 6.61 Å². The maximum absolute atomic E-state index is 12.4. The molecule has 0 spiro atoms. The second-order valence-electron chi connectivity index (χ2n) is 8.08. The molecule has 0 aliphatic rings. The van der Waals surface area contributed by atoms with Crippen molar-refractivity contribution in [3.63, 3.8) is 0 Å². The summed E-state index contributed by atoms with van der Waals surface area (Å²) in [7, 11) is 0. The fraction of sp³-hybridized carbons (Fsp3) is 0.0333. The van der Waals surface area contributed by atoms with Crippen molar-refractivity contribution < 1.29 is 9.53 Å². The van der Waals surface area contributed by atoms with E-state index in [0.717, 1.165) is 28.3 Å². The van der Waals surface area contributed by atoms with Crippen LogP contribution in [0.4, 0.5) is 17.2 Å². The van der Waals surface area contributed by atoms with Crippen molar-refractivity contribution in [2.24, 2.45) is 0 Å². The monoisotopic (exact) mass is 472 g/mol. The molecule has 0 fully saturated rings. The average molecular weight is 473 g/mol. The first kappa shape index (κ1) is 22.8. The lowest BCUT2D eigenvalue weighted by atomic mass is 10.1. The van der Waals surface area contributed by atoms with E-state index < -0.39 is 0 Å². The first-order valence-corrected chi connectivity index (χ1v) is 11.6. The van der Waals surface area contributed by atoms with Crippen LogP contribution < -0.4 is 15.4 Å². The number of nitrogens with one attached hydrogen (secondary N) is 2. The quantitative estimate of drug-likeness (QED) is 0.262. The molecule has 0 saturated heterocycles. The number of anilines is 3. The standard InChI is InChI=1S/C30H24N4O2/c35-30(23-11-5-2-6-12-23)34-25-17-15-24(16-18-25)33-29-19-27(31-21-32-29)26-13-7-8-14-28(26)36-20-22-9-3-1-4-10-22/h1-19,21H,20H2,(H,34,35)(H,31,32,33). The molecular formula is C30H24N4O2. The van der Waals surface area contributed by atoms with E-state index >= 15 is 0 Å². The van der Waals surface area contributed by atoms with Gasteiger partial charge in [0.15, 0.2) is 0 Å². The summed E-state index contributed by atoms with van der Waals surface area (Å²) < 4.78 is 6.10. The summed E-state index contributed by atoms with van der Waals surface area (Å²) in [5, 5.41) is 6.20. The SMILES string of the molecule is O=C(Nc1ccc(Nc2cc(-c3ccccc3OCc3ccccc3)ncn2)cc1)c1ccccc1. The Morgan fingerprint density at radius 2 is 1.39 bits per heavy atom. The van der Waals surface area contributed by atoms with Gasteiger partial charge in [0.05, 0.1) is 5.69 Å². The summed E-state index contributed by atoms with van der Waals surface area (Å²) in [6.45, 7) is 0.473. The van der Waals surface area contributed by atoms with Gasteiger partial charge in [-0.2, -0.15) is 0 Å². The number of carbonyl (C=O) groups excluding carboxylic acids is 1. The van der Waals surface area contributed by atoms with Crippen molar-refractivity contribution in [1.29, 1.82) is 0 Å². The van der Waals surface area contributed by atoms with Crippen molar-refractivity contribution >= 4 is 23.1 Å². The molecule has 36 heavy (non-hydrogen) atoms. The third kappa shape index (κ3) is 5.74. The number of aromatic nitrogens is 2. The smallest absolute Gasteiger partial charge is 0.255 e. The lowest BCUT2D eigenvalue weighted by Crippen LogP contribution is -2.11. The summed E-state index contributed by atoms with van der Waals surface area (Å²) in [5.74, 6) is 1.26. The van der Waals surface area contributed by atoms with Crippen molar-refractivity contribution in [3.05, 3.63) is 133 Å². The van der Waals surface area contributed by atoms with Gasteiger partial charge in [-0.3, -0.25) is 4.79 Å². The third-order valence-electron chi connectivity index (χ3n) is 5.52. The molecule has 0 unspecified atom stereocenters. The molecule has 1 amide bonds. The van der Waals surface area contributed by atoms with Gasteiger partial charge in [-0.1, -0.05) is 60.7 Å². The molecule has 6 heteroatoms. The van der Waals surface area contributed by atoms with E-state index in [1.165, 1.54) is 6.33 Å². The van der Waals surface area contributed by atoms with Gasteiger partial charge in [-0.25, -0.2) is 9.97 Å². The topological polar surface area (TPSA) is 76.1 Å². The second kappa shape index (κ2) is 11.0. The number of rotatable bonds is 8. The number of hydrogen-bond acceptors (Lipinski definition) is 5. The van der Waals surface area contributed by atoms with Crippen LogP contribution in [0.2, 0.25) is 0 Å². The van der Waals surface area contributed by atoms with Gasteiger partial charge in [0.25, 0.3) is 5.91 Å². The molecule has 4 aromatic carbocycles. The maximum Gasteiger partial charge on any atom is 0.255 e. The van der Waals surface area contributed by atoms with E-state index in [-0.39, 0.29) is 5.91 Å². The highest BCUT2D eigenvalue weighted by atomic mass is 16.5. The van der Waals surface area contributed by atoms with Crippen LogP contribution >= 0.6 is 0 Å². The summed E-state index contributed by atoms with van der Waals surface area (Å²) in [6, 6.07) is 36.4. The summed E-state index contributed by atoms with van der Waals surface area (Å²) in [5.41, 5.74) is 4.90. The van der Waals surface area contributed by atoms with Gasteiger partial charge in [0, 0.05) is 28.6 Å². The Bertz CT molecular complexity index is 1440. The highest BCUT2D eigenvalue weighted by Gasteiger charge is 2.10. The fourth-order valence-corrected chi connectivity index (χ4v) is 3.69. The van der Waals surface area contributed by atoms with E-state index in [0.29, 0.717) is 23.7 Å². The van der Waals surface area contributed by atoms with Crippen LogP contribution in [-0.4, -0.2) is 15.9 Å². The van der Waals surface area contributed by atoms with Crippen LogP contribution in [0.15, 0.2) is 122 Å². The molecule has 0 radical (unpaired) electrons. The van der Waals surface area contributed by atoms with E-state index in [4.69, 9.17) is 4.74 Å². The number of nitrogens with zero attached hydrogens (tertiary/aromatic N) is 2. The number of ether oxygens (including phenoxy) is 1. The van der Waals surface area contributed by atoms with Gasteiger partial charge in [-0.15, -0.1) is 0 Å². The lowest BCUT2D eigenvalue weighted by Gasteiger charge is -2.12. The zero-order chi connectivity index (χ0) is 24.6. The molecule has 2 N–H and O–H groups in total. The predicted octanol–water partition coefficient (Wildman–Crippen LogP) is 6.72. The number of para-hydroxylation sites is 1. The van der Waals surface area contributed by atoms with Crippen LogP contribution in [0, 0.1) is 0 Å². The molecule has 0 aliphatic heterocycles. The number of hydrogen-bond donors (Lipinski definition) is 2. The predicted molar refractivity (Wildman–Crippen MR) is 142 cm³/mol. The Morgan fingerprint density at radius 3 is 2.17 bits per heavy atom. The van der Waals surface area contributed by atoms with E-state index in [1.54, 1.807) is 12.1 Å². The second-order valence-corrected chi connectivity index (χ2v) is 8.08. The van der Waals surface area contributed by atoms with Crippen molar-refractivity contribution in [1.82, 2.24) is 9.97 Å². The van der Waals surface area contributed by atoms with Crippen molar-refractivity contribution in [3.8, 4) is 17.0 Å². The Morgan fingerprint density at radius 1 is 0.722 bits per heavy atom. The van der Waals surface area contributed by atoms with Crippen LogP contribution in [0.25, 0.3) is 11.3 Å². The molecule has 176 valence electrons. The maximum atomic E-state index is 12.4. The lowest BCUT2D eigenvalue weighted by molar-refractivity contribution is 0.102. The first-order chi connectivity index (χ1) is 17.7. The number of amides is 1. The number of benzene rings is 4. The van der Waals surface area contributed by atoms with Crippen molar-refractivity contribution in [2.45, 2.75) is 6.61 Å². The van der Waals surface area contributed by atoms with E-state index in [9.17, 15) is 4.79 Å². The fourth-order valence-electron chi connectivity index (χ4n) is 3.69. The van der Waals surface area contributed by atoms with Gasteiger partial charge in [-0.05, 0) is 54.1 Å². The zero-order valence-corrected chi connectivity index (χ0v) is 19.5. The Balaban J connectivity index is 1.27. The summed E-state index contributed by atoms with van der Waals surface area (Å²) >= 11 is 0. The van der Waals surface area contributed by atoms with Gasteiger partial charge in [0.1, 0.15) is 24.5 Å². The minimum atomic E-state index is -0.148. The minimum Gasteiger partial charge on any atom is -0.488 e. The van der Waals surface area contributed by atoms with Gasteiger partial charge < -0.3 is 15.4 Å². The molecule has 0 saturated carbocycles. The number of carbonyl (C=O) groups is 1. The average Bonchev–Trinajstić information content (AvgIpc) is 2.94. The van der Waals surface area contributed by atoms with Crippen LogP contribution in [0.5, 0.6) is 5.75 Å². The van der Waals surface area contributed by atoms with Crippen molar-refractivity contribution in [2.75, 3.05) is 10.6 Å². The zero-order valence-electron chi connectivity index (χ0n) is 19.5. The molecule has 1 heterocycles. The largest absolute Gasteiger partial charge is 0.488 e. The Kier molecular flexibility index (Phi) is 6.95. The molecule has 0 bridgehead atoms. The highest BCUT2D eigenvalue weighted by molar-refractivity contribution is 6.04. The molecule has 5 aromatic rings. The van der Waals surface area contributed by atoms with Crippen LogP contribution in [0.3, 0.4) is 0 Å². The van der Waals surface area contributed by atoms with E-state index in [1.807, 2.05) is 103 Å². The molecule has 0 aliphatic carbocycles. The Labute approximate surface area is 209 Å². The molecule has 1 aromatic heterocycles. The molecular weight excluding hydrogens is 448 g/mol. The normalized spacial score (nSPS) is 10.4. The van der Waals surface area contributed by atoms with Gasteiger partial charge >= 0.3 is 0 Å². The van der Waals surface area contributed by atoms with Crippen LogP contribution in [0.1, 0.15) is 15.9 Å². The highest BCUT2D eigenvalue weighted by Crippen LogP contribution is 2.30. The van der Waals surface area contributed by atoms with Gasteiger partial charge in [0.2, 0.25) is 0 Å². The van der Waals surface area contributed by atoms with E-state index in [2.05, 4.69) is 20.6 Å². The minimum absolute atomic E-state index is 0.148.